The molecule has 1 aromatic rings. The van der Waals surface area contributed by atoms with Gasteiger partial charge in [-0.15, -0.1) is 0 Å². The van der Waals surface area contributed by atoms with E-state index < -0.39 is 39.1 Å². The van der Waals surface area contributed by atoms with Crippen LogP contribution in [0, 0.1) is 11.6 Å². The molecule has 8 heteroatoms. The number of carbonyl (C=O) groups is 1. The molecule has 2 rings (SSSR count). The molecule has 0 spiro atoms. The highest BCUT2D eigenvalue weighted by molar-refractivity contribution is 7.91. The Morgan fingerprint density at radius 2 is 1.90 bits per heavy atom. The van der Waals surface area contributed by atoms with Gasteiger partial charge in [-0.2, -0.15) is 0 Å². The zero-order valence-corrected chi connectivity index (χ0v) is 11.6. The van der Waals surface area contributed by atoms with Crippen molar-refractivity contribution < 1.29 is 22.0 Å². The van der Waals surface area contributed by atoms with Gasteiger partial charge in [0.25, 0.3) is 5.91 Å². The van der Waals surface area contributed by atoms with E-state index in [0.29, 0.717) is 6.42 Å². The second-order valence-electron chi connectivity index (χ2n) is 4.83. The molecule has 0 bridgehead atoms. The molecule has 1 amide bonds. The van der Waals surface area contributed by atoms with Crippen molar-refractivity contribution in [3.63, 3.8) is 0 Å². The van der Waals surface area contributed by atoms with Crippen LogP contribution < -0.4 is 5.73 Å². The zero-order valence-electron chi connectivity index (χ0n) is 10.8. The third-order valence-corrected chi connectivity index (χ3v) is 5.15. The minimum Gasteiger partial charge on any atom is -0.394 e. The molecule has 1 atom stereocenters. The standard InChI is InChI=1S/C12H14F2N2O3S/c1-16(8-2-3-20(18,19)6-8)12(17)7-4-9(13)11(15)10(14)5-7/h4-5,8H,2-3,6,15H2,1H3. The molecule has 1 aliphatic heterocycles. The van der Waals surface area contributed by atoms with Crippen LogP contribution in [0.5, 0.6) is 0 Å². The molecule has 1 aliphatic rings. The summed E-state index contributed by atoms with van der Waals surface area (Å²) >= 11 is 0. The second kappa shape index (κ2) is 5.01. The zero-order chi connectivity index (χ0) is 15.1. The van der Waals surface area contributed by atoms with Crippen molar-refractivity contribution in [2.75, 3.05) is 24.3 Å². The van der Waals surface area contributed by atoms with Crippen LogP contribution in [-0.4, -0.2) is 43.8 Å². The maximum atomic E-state index is 13.3. The van der Waals surface area contributed by atoms with Gasteiger partial charge in [-0.3, -0.25) is 4.79 Å². The molecule has 5 nitrogen and oxygen atoms in total. The Morgan fingerprint density at radius 3 is 2.35 bits per heavy atom. The lowest BCUT2D eigenvalue weighted by Gasteiger charge is -2.23. The van der Waals surface area contributed by atoms with Crippen molar-refractivity contribution in [1.29, 1.82) is 0 Å². The summed E-state index contributed by atoms with van der Waals surface area (Å²) in [6.07, 6.45) is 0.324. The lowest BCUT2D eigenvalue weighted by atomic mass is 10.1. The number of hydrogen-bond donors (Lipinski definition) is 1. The number of anilines is 1. The van der Waals surface area contributed by atoms with Crippen molar-refractivity contribution in [3.8, 4) is 0 Å². The van der Waals surface area contributed by atoms with Gasteiger partial charge in [0.05, 0.1) is 11.5 Å². The first-order chi connectivity index (χ1) is 9.21. The summed E-state index contributed by atoms with van der Waals surface area (Å²) in [7, 11) is -1.72. The van der Waals surface area contributed by atoms with E-state index >= 15 is 0 Å². The Hall–Kier alpha value is -1.70. The van der Waals surface area contributed by atoms with Gasteiger partial charge in [-0.05, 0) is 18.6 Å². The van der Waals surface area contributed by atoms with Crippen molar-refractivity contribution >= 4 is 21.4 Å². The summed E-state index contributed by atoms with van der Waals surface area (Å²) < 4.78 is 49.4. The molecule has 1 fully saturated rings. The third kappa shape index (κ3) is 2.74. The molecular formula is C12H14F2N2O3S. The number of amides is 1. The minimum absolute atomic E-state index is 0.0136. The van der Waals surface area contributed by atoms with Gasteiger partial charge < -0.3 is 10.6 Å². The number of nitrogens with two attached hydrogens (primary N) is 1. The summed E-state index contributed by atoms with van der Waals surface area (Å²) in [6.45, 7) is 0. The maximum absolute atomic E-state index is 13.3. The first-order valence-electron chi connectivity index (χ1n) is 5.93. The highest BCUT2D eigenvalue weighted by Crippen LogP contribution is 2.21. The number of hydrogen-bond acceptors (Lipinski definition) is 4. The van der Waals surface area contributed by atoms with Crippen LogP contribution in [0.3, 0.4) is 0 Å². The molecule has 1 unspecified atom stereocenters. The number of benzene rings is 1. The summed E-state index contributed by atoms with van der Waals surface area (Å²) in [6, 6.07) is 1.22. The summed E-state index contributed by atoms with van der Waals surface area (Å²) in [5.41, 5.74) is 4.29. The quantitative estimate of drug-likeness (QED) is 0.820. The predicted octanol–water partition coefficient (Wildman–Crippen LogP) is 0.806. The SMILES string of the molecule is CN(C(=O)c1cc(F)c(N)c(F)c1)C1CCS(=O)(=O)C1. The van der Waals surface area contributed by atoms with Gasteiger partial charge in [0, 0.05) is 18.7 Å². The van der Waals surface area contributed by atoms with Gasteiger partial charge in [0.2, 0.25) is 0 Å². The number of nitrogen functional groups attached to an aromatic ring is 1. The molecule has 20 heavy (non-hydrogen) atoms. The monoisotopic (exact) mass is 304 g/mol. The van der Waals surface area contributed by atoms with Crippen LogP contribution in [0.4, 0.5) is 14.5 Å². The smallest absolute Gasteiger partial charge is 0.254 e. The van der Waals surface area contributed by atoms with Gasteiger partial charge in [-0.1, -0.05) is 0 Å². The van der Waals surface area contributed by atoms with E-state index in [0.717, 1.165) is 12.1 Å². The molecule has 2 N–H and O–H groups in total. The normalized spacial score (nSPS) is 20.9. The van der Waals surface area contributed by atoms with Crippen LogP contribution in [0.1, 0.15) is 16.8 Å². The number of halogens is 2. The second-order valence-corrected chi connectivity index (χ2v) is 7.06. The van der Waals surface area contributed by atoms with E-state index in [1.165, 1.54) is 11.9 Å². The van der Waals surface area contributed by atoms with Gasteiger partial charge >= 0.3 is 0 Å². The molecular weight excluding hydrogens is 290 g/mol. The van der Waals surface area contributed by atoms with E-state index in [1.807, 2.05) is 0 Å². The number of rotatable bonds is 2. The highest BCUT2D eigenvalue weighted by Gasteiger charge is 2.33. The maximum Gasteiger partial charge on any atom is 0.254 e. The first-order valence-corrected chi connectivity index (χ1v) is 7.75. The van der Waals surface area contributed by atoms with Gasteiger partial charge in [0.15, 0.2) is 9.84 Å². The molecule has 1 saturated heterocycles. The average molecular weight is 304 g/mol. The Bertz CT molecular complexity index is 638. The highest BCUT2D eigenvalue weighted by atomic mass is 32.2. The summed E-state index contributed by atoms with van der Waals surface area (Å²) in [4.78, 5) is 13.3. The molecule has 1 heterocycles. The lowest BCUT2D eigenvalue weighted by Crippen LogP contribution is -2.37. The van der Waals surface area contributed by atoms with Crippen LogP contribution in [0.2, 0.25) is 0 Å². The van der Waals surface area contributed by atoms with Crippen molar-refractivity contribution in [2.24, 2.45) is 0 Å². The fourth-order valence-corrected chi connectivity index (χ4v) is 3.93. The average Bonchev–Trinajstić information content (AvgIpc) is 2.74. The van der Waals surface area contributed by atoms with Crippen LogP contribution in [-0.2, 0) is 9.84 Å². The molecule has 0 aromatic heterocycles. The Labute approximate surface area is 115 Å². The molecule has 0 aliphatic carbocycles. The van der Waals surface area contributed by atoms with Crippen LogP contribution >= 0.6 is 0 Å². The first kappa shape index (κ1) is 14.7. The molecule has 0 saturated carbocycles. The number of nitrogens with zero attached hydrogens (tertiary/aromatic N) is 1. The van der Waals surface area contributed by atoms with Crippen molar-refractivity contribution in [1.82, 2.24) is 4.90 Å². The van der Waals surface area contributed by atoms with Crippen molar-refractivity contribution in [3.05, 3.63) is 29.3 Å². The van der Waals surface area contributed by atoms with E-state index in [2.05, 4.69) is 0 Å². The molecule has 1 aromatic carbocycles. The number of carbonyl (C=O) groups excluding carboxylic acids is 1. The van der Waals surface area contributed by atoms with E-state index in [-0.39, 0.29) is 17.1 Å². The van der Waals surface area contributed by atoms with Gasteiger partial charge in [0.1, 0.15) is 17.3 Å². The van der Waals surface area contributed by atoms with Crippen LogP contribution in [0.25, 0.3) is 0 Å². The van der Waals surface area contributed by atoms with Gasteiger partial charge in [-0.25, -0.2) is 17.2 Å². The predicted molar refractivity (Wildman–Crippen MR) is 69.9 cm³/mol. The molecule has 0 radical (unpaired) electrons. The number of sulfone groups is 1. The Morgan fingerprint density at radius 1 is 1.35 bits per heavy atom. The minimum atomic E-state index is -3.14. The van der Waals surface area contributed by atoms with Crippen molar-refractivity contribution in [2.45, 2.75) is 12.5 Å². The summed E-state index contributed by atoms with van der Waals surface area (Å²) in [5, 5.41) is 0. The largest absolute Gasteiger partial charge is 0.394 e. The fraction of sp³-hybridized carbons (Fsp3) is 0.417. The van der Waals surface area contributed by atoms with E-state index in [1.54, 1.807) is 0 Å². The van der Waals surface area contributed by atoms with E-state index in [9.17, 15) is 22.0 Å². The third-order valence-electron chi connectivity index (χ3n) is 3.40. The fourth-order valence-electron chi connectivity index (χ4n) is 2.16. The lowest BCUT2D eigenvalue weighted by molar-refractivity contribution is 0.0746. The Kier molecular flexibility index (Phi) is 3.68. The van der Waals surface area contributed by atoms with Crippen LogP contribution in [0.15, 0.2) is 12.1 Å². The molecule has 110 valence electrons. The summed E-state index contributed by atoms with van der Waals surface area (Å²) in [5.74, 6) is -2.78. The Balaban J connectivity index is 2.24. The topological polar surface area (TPSA) is 80.5 Å². The van der Waals surface area contributed by atoms with E-state index in [4.69, 9.17) is 5.73 Å².